The van der Waals surface area contributed by atoms with Gasteiger partial charge in [-0.25, -0.2) is 5.10 Å². The normalized spacial score (nSPS) is 28.0. The van der Waals surface area contributed by atoms with Crippen molar-refractivity contribution in [2.24, 2.45) is 0 Å². The van der Waals surface area contributed by atoms with Gasteiger partial charge in [-0.05, 0) is 44.4 Å². The van der Waals surface area contributed by atoms with Crippen molar-refractivity contribution in [2.75, 3.05) is 31.1 Å². The van der Waals surface area contributed by atoms with E-state index in [0.29, 0.717) is 6.04 Å². The van der Waals surface area contributed by atoms with Gasteiger partial charge in [0.05, 0.1) is 0 Å². The first-order chi connectivity index (χ1) is 10.3. The number of nitrogens with one attached hydrogen (secondary N) is 1. The van der Waals surface area contributed by atoms with E-state index in [1.54, 1.807) is 0 Å². The third kappa shape index (κ3) is 2.52. The molecular weight excluding hydrogens is 282 g/mol. The summed E-state index contributed by atoms with van der Waals surface area (Å²) in [6.07, 6.45) is 9.23. The fourth-order valence-corrected chi connectivity index (χ4v) is 4.64. The number of H-pyrrole nitrogens is 1. The number of piperazine rings is 1. The van der Waals surface area contributed by atoms with Crippen molar-refractivity contribution in [1.82, 2.24) is 19.7 Å². The number of nitrogens with zero attached hydrogens (tertiary/aromatic N) is 4. The second-order valence-electron chi connectivity index (χ2n) is 6.77. The molecule has 3 heterocycles. The van der Waals surface area contributed by atoms with Gasteiger partial charge < -0.3 is 4.90 Å². The van der Waals surface area contributed by atoms with Gasteiger partial charge in [0, 0.05) is 31.7 Å². The topological polar surface area (TPSA) is 40.1 Å². The zero-order chi connectivity index (χ0) is 14.2. The lowest BCUT2D eigenvalue weighted by Crippen LogP contribution is -2.51. The first-order valence-electron chi connectivity index (χ1n) is 8.49. The van der Waals surface area contributed by atoms with Crippen molar-refractivity contribution in [1.29, 1.82) is 0 Å². The van der Waals surface area contributed by atoms with E-state index in [4.69, 9.17) is 12.2 Å². The second kappa shape index (κ2) is 5.72. The summed E-state index contributed by atoms with van der Waals surface area (Å²) in [5, 5.41) is 7.63. The SMILES string of the molecule is S=c1[nH]nc(N2CCN3CCCC3C2)n1C1CCCCC1. The molecule has 4 rings (SSSR count). The van der Waals surface area contributed by atoms with Gasteiger partial charge in [0.15, 0.2) is 4.77 Å². The highest BCUT2D eigenvalue weighted by atomic mass is 32.1. The Morgan fingerprint density at radius 2 is 1.76 bits per heavy atom. The lowest BCUT2D eigenvalue weighted by atomic mass is 9.95. The minimum atomic E-state index is 0.557. The van der Waals surface area contributed by atoms with Gasteiger partial charge in [0.25, 0.3) is 0 Å². The first-order valence-corrected chi connectivity index (χ1v) is 8.89. The van der Waals surface area contributed by atoms with Crippen LogP contribution in [0.25, 0.3) is 0 Å². The molecule has 1 atom stereocenters. The Balaban J connectivity index is 1.58. The number of hydrogen-bond donors (Lipinski definition) is 1. The molecule has 0 bridgehead atoms. The maximum Gasteiger partial charge on any atom is 0.226 e. The van der Waals surface area contributed by atoms with Crippen LogP contribution in [0.4, 0.5) is 5.95 Å². The predicted molar refractivity (Wildman–Crippen MR) is 86.3 cm³/mol. The predicted octanol–water partition coefficient (Wildman–Crippen LogP) is 2.73. The third-order valence-corrected chi connectivity index (χ3v) is 5.78. The Bertz CT molecular complexity index is 545. The summed E-state index contributed by atoms with van der Waals surface area (Å²) in [6.45, 7) is 4.66. The van der Waals surface area contributed by atoms with E-state index >= 15 is 0 Å². The lowest BCUT2D eigenvalue weighted by Gasteiger charge is -2.38. The summed E-state index contributed by atoms with van der Waals surface area (Å²) in [4.78, 5) is 5.11. The molecule has 6 heteroatoms. The van der Waals surface area contributed by atoms with Gasteiger partial charge in [-0.1, -0.05) is 19.3 Å². The zero-order valence-electron chi connectivity index (χ0n) is 12.6. The molecule has 2 aliphatic heterocycles. The van der Waals surface area contributed by atoms with Crippen molar-refractivity contribution < 1.29 is 0 Å². The smallest absolute Gasteiger partial charge is 0.226 e. The molecule has 116 valence electrons. The average Bonchev–Trinajstić information content (AvgIpc) is 3.13. The Labute approximate surface area is 131 Å². The number of aromatic amines is 1. The van der Waals surface area contributed by atoms with Crippen molar-refractivity contribution in [3.05, 3.63) is 4.77 Å². The fourth-order valence-electron chi connectivity index (χ4n) is 4.36. The van der Waals surface area contributed by atoms with Crippen LogP contribution in [0.3, 0.4) is 0 Å². The minimum Gasteiger partial charge on any atom is -0.338 e. The van der Waals surface area contributed by atoms with Crippen molar-refractivity contribution in [3.8, 4) is 0 Å². The first kappa shape index (κ1) is 13.8. The fraction of sp³-hybridized carbons (Fsp3) is 0.867. The highest BCUT2D eigenvalue weighted by molar-refractivity contribution is 7.71. The van der Waals surface area contributed by atoms with Crippen molar-refractivity contribution >= 4 is 18.2 Å². The molecule has 1 aromatic heterocycles. The number of anilines is 1. The maximum atomic E-state index is 5.52. The quantitative estimate of drug-likeness (QED) is 0.853. The van der Waals surface area contributed by atoms with Gasteiger partial charge in [0.2, 0.25) is 5.95 Å². The van der Waals surface area contributed by atoms with E-state index in [-0.39, 0.29) is 0 Å². The maximum absolute atomic E-state index is 5.52. The Morgan fingerprint density at radius 3 is 2.62 bits per heavy atom. The standard InChI is InChI=1S/C15H25N5S/c21-15-17-16-14(20(15)12-5-2-1-3-6-12)19-10-9-18-8-4-7-13(18)11-19/h12-13H,1-11H2,(H,17,21). The van der Waals surface area contributed by atoms with Crippen molar-refractivity contribution in [3.63, 3.8) is 0 Å². The molecule has 1 aromatic rings. The van der Waals surface area contributed by atoms with E-state index in [1.165, 1.54) is 58.0 Å². The number of fused-ring (bicyclic) bond motifs is 1. The molecule has 5 nitrogen and oxygen atoms in total. The highest BCUT2D eigenvalue weighted by Gasteiger charge is 2.33. The molecule has 1 saturated carbocycles. The largest absolute Gasteiger partial charge is 0.338 e. The van der Waals surface area contributed by atoms with Gasteiger partial charge in [-0.3, -0.25) is 9.47 Å². The van der Waals surface area contributed by atoms with Crippen LogP contribution in [-0.2, 0) is 0 Å². The van der Waals surface area contributed by atoms with E-state index in [2.05, 4.69) is 24.6 Å². The summed E-state index contributed by atoms with van der Waals surface area (Å²) in [5.41, 5.74) is 0. The van der Waals surface area contributed by atoms with Gasteiger partial charge in [-0.15, -0.1) is 5.10 Å². The van der Waals surface area contributed by atoms with E-state index < -0.39 is 0 Å². The summed E-state index contributed by atoms with van der Waals surface area (Å²) in [6, 6.07) is 1.28. The molecular formula is C15H25N5S. The van der Waals surface area contributed by atoms with E-state index in [1.807, 2.05) is 0 Å². The van der Waals surface area contributed by atoms with Crippen LogP contribution in [-0.4, -0.2) is 51.9 Å². The highest BCUT2D eigenvalue weighted by Crippen LogP contribution is 2.32. The van der Waals surface area contributed by atoms with Crippen LogP contribution in [0.15, 0.2) is 0 Å². The summed E-state index contributed by atoms with van der Waals surface area (Å²) >= 11 is 5.52. The van der Waals surface area contributed by atoms with E-state index in [9.17, 15) is 0 Å². The molecule has 0 aromatic carbocycles. The minimum absolute atomic E-state index is 0.557. The molecule has 2 saturated heterocycles. The third-order valence-electron chi connectivity index (χ3n) is 5.50. The van der Waals surface area contributed by atoms with Gasteiger partial charge in [-0.2, -0.15) is 0 Å². The Hall–Kier alpha value is -0.880. The molecule has 1 aliphatic carbocycles. The zero-order valence-corrected chi connectivity index (χ0v) is 13.4. The van der Waals surface area contributed by atoms with E-state index in [0.717, 1.165) is 29.9 Å². The van der Waals surface area contributed by atoms with Crippen LogP contribution in [0.5, 0.6) is 0 Å². The van der Waals surface area contributed by atoms with Crippen molar-refractivity contribution in [2.45, 2.75) is 57.0 Å². The van der Waals surface area contributed by atoms with Crippen LogP contribution in [0, 0.1) is 4.77 Å². The molecule has 3 fully saturated rings. The van der Waals surface area contributed by atoms with Crippen LogP contribution >= 0.6 is 12.2 Å². The number of hydrogen-bond acceptors (Lipinski definition) is 4. The monoisotopic (exact) mass is 307 g/mol. The summed E-state index contributed by atoms with van der Waals surface area (Å²) in [7, 11) is 0. The van der Waals surface area contributed by atoms with Crippen LogP contribution in [0.1, 0.15) is 51.0 Å². The molecule has 0 spiro atoms. The average molecular weight is 307 g/mol. The van der Waals surface area contributed by atoms with Gasteiger partial charge in [0.1, 0.15) is 0 Å². The number of aromatic nitrogens is 3. The summed E-state index contributed by atoms with van der Waals surface area (Å²) in [5.74, 6) is 1.10. The summed E-state index contributed by atoms with van der Waals surface area (Å²) < 4.78 is 3.13. The molecule has 3 aliphatic rings. The van der Waals surface area contributed by atoms with Crippen LogP contribution < -0.4 is 4.90 Å². The molecule has 1 N–H and O–H groups in total. The molecule has 21 heavy (non-hydrogen) atoms. The van der Waals surface area contributed by atoms with Crippen LogP contribution in [0.2, 0.25) is 0 Å². The Kier molecular flexibility index (Phi) is 3.75. The molecule has 0 amide bonds. The second-order valence-corrected chi connectivity index (χ2v) is 7.16. The number of rotatable bonds is 2. The lowest BCUT2D eigenvalue weighted by molar-refractivity contribution is 0.227. The molecule has 1 unspecified atom stereocenters. The molecule has 0 radical (unpaired) electrons. The Morgan fingerprint density at radius 1 is 0.952 bits per heavy atom. The van der Waals surface area contributed by atoms with Gasteiger partial charge >= 0.3 is 0 Å².